The fourth-order valence-corrected chi connectivity index (χ4v) is 6.90. The fourth-order valence-electron chi connectivity index (χ4n) is 5.27. The summed E-state index contributed by atoms with van der Waals surface area (Å²) in [5.41, 5.74) is 13.8. The Morgan fingerprint density at radius 2 is 1.56 bits per heavy atom. The first kappa shape index (κ1) is 32.7. The van der Waals surface area contributed by atoms with Gasteiger partial charge in [0, 0.05) is 23.4 Å². The maximum atomic E-state index is 11.4. The van der Waals surface area contributed by atoms with Crippen LogP contribution in [-0.2, 0) is 0 Å². The quantitative estimate of drug-likeness (QED) is 0.117. The number of aromatic hydroxyl groups is 1. The molecule has 52 heavy (non-hydrogen) atoms. The van der Waals surface area contributed by atoms with Gasteiger partial charge >= 0.3 is 5.69 Å². The highest BCUT2D eigenvalue weighted by molar-refractivity contribution is 7.17. The van der Waals surface area contributed by atoms with Crippen LogP contribution < -0.4 is 33.2 Å². The minimum atomic E-state index is -0.513. The predicted octanol–water partition coefficient (Wildman–Crippen LogP) is 1.83. The van der Waals surface area contributed by atoms with Gasteiger partial charge in [0.1, 0.15) is 11.5 Å². The second-order valence-corrected chi connectivity index (χ2v) is 14.3. The van der Waals surface area contributed by atoms with Gasteiger partial charge in [-0.15, -0.1) is 22.7 Å². The van der Waals surface area contributed by atoms with Crippen molar-refractivity contribution in [2.24, 2.45) is 16.5 Å². The SMILES string of the molecule is NC(=O)c1ccc(-c2cc(=NC3CC3)n3ncc(=Cc4[nH]c(=O)[nH]c4O)c3n2)s1.NC(=O)c1ccc(-c2cc(NC3CC3)n3ncc(C=O)c3n2)s1. The number of aromatic nitrogens is 8. The van der Waals surface area contributed by atoms with Crippen LogP contribution in [0.15, 0.2) is 58.6 Å². The van der Waals surface area contributed by atoms with Gasteiger partial charge in [-0.05, 0) is 56.0 Å². The number of carbonyl (C=O) groups is 3. The molecule has 17 nitrogen and oxygen atoms in total. The van der Waals surface area contributed by atoms with Crippen molar-refractivity contribution in [2.75, 3.05) is 5.32 Å². The van der Waals surface area contributed by atoms with Crippen molar-refractivity contribution >= 4 is 64.0 Å². The molecule has 0 saturated heterocycles. The second kappa shape index (κ2) is 13.0. The van der Waals surface area contributed by atoms with Gasteiger partial charge in [0.05, 0.1) is 54.9 Å². The van der Waals surface area contributed by atoms with Crippen LogP contribution in [0.5, 0.6) is 5.88 Å². The Bertz CT molecular complexity index is 2730. The van der Waals surface area contributed by atoms with Gasteiger partial charge in [-0.25, -0.2) is 14.8 Å². The molecule has 0 unspecified atom stereocenters. The number of anilines is 1. The van der Waals surface area contributed by atoms with E-state index in [2.05, 4.69) is 35.5 Å². The number of nitrogens with one attached hydrogen (secondary N) is 3. The molecule has 19 heteroatoms. The smallest absolute Gasteiger partial charge is 0.326 e. The lowest BCUT2D eigenvalue weighted by Crippen LogP contribution is -2.19. The molecule has 7 heterocycles. The lowest BCUT2D eigenvalue weighted by atomic mass is 10.3. The highest BCUT2D eigenvalue weighted by Crippen LogP contribution is 2.32. The monoisotopic (exact) mass is 736 g/mol. The molecule has 2 aliphatic carbocycles. The van der Waals surface area contributed by atoms with Gasteiger partial charge in [-0.1, -0.05) is 0 Å². The molecular weight excluding hydrogens is 709 g/mol. The molecular formula is C33H28N12O5S2. The van der Waals surface area contributed by atoms with E-state index in [-0.39, 0.29) is 17.6 Å². The number of hydrogen-bond acceptors (Lipinski definition) is 13. The van der Waals surface area contributed by atoms with E-state index < -0.39 is 17.5 Å². The lowest BCUT2D eigenvalue weighted by molar-refractivity contribution is 0.0995. The van der Waals surface area contributed by atoms with E-state index >= 15 is 0 Å². The number of aromatic amines is 2. The average Bonchev–Trinajstić information content (AvgIpc) is 3.74. The standard InChI is InChI=1S/C18H15N7O3S.C15H13N5O2S/c19-15(26)13-4-3-12(29-13)10-6-14(21-9-1-2-9)25-16(22-10)8(7-20-25)5-11-17(27)24-18(28)23-11;16-14(22)12-4-3-11(23-12)10-5-13(18-9-1-2-9)20-15(19-10)8(7-21)6-17-20/h3-7,9,27H,1-2H2,(H2,19,26)(H2,23,24,28);3-7,9,18H,1-2H2,(H2,16,22). The first-order chi connectivity index (χ1) is 25.1. The molecule has 2 fully saturated rings. The minimum absolute atomic E-state index is 0.227. The molecule has 9 rings (SSSR count). The third-order valence-electron chi connectivity index (χ3n) is 8.14. The number of thiophene rings is 2. The van der Waals surface area contributed by atoms with Crippen LogP contribution in [0.25, 0.3) is 38.5 Å². The van der Waals surface area contributed by atoms with Crippen LogP contribution in [0, 0.1) is 0 Å². The van der Waals surface area contributed by atoms with Gasteiger partial charge in [0.15, 0.2) is 23.1 Å². The van der Waals surface area contributed by atoms with Gasteiger partial charge in [0.25, 0.3) is 11.8 Å². The summed E-state index contributed by atoms with van der Waals surface area (Å²) in [6, 6.07) is 11.3. The molecule has 2 amide bonds. The number of imidazole rings is 1. The molecule has 7 aromatic rings. The van der Waals surface area contributed by atoms with Gasteiger partial charge in [0.2, 0.25) is 5.88 Å². The summed E-state index contributed by atoms with van der Waals surface area (Å²) in [5.74, 6) is -0.431. The molecule has 262 valence electrons. The fraction of sp³-hybridized carbons (Fsp3) is 0.182. The second-order valence-electron chi connectivity index (χ2n) is 12.1. The Morgan fingerprint density at radius 1 is 0.904 bits per heavy atom. The summed E-state index contributed by atoms with van der Waals surface area (Å²) in [5, 5.41) is 22.4. The van der Waals surface area contributed by atoms with E-state index in [0.29, 0.717) is 54.7 Å². The number of carbonyl (C=O) groups excluding carboxylic acids is 3. The number of nitrogens with two attached hydrogens (primary N) is 2. The summed E-state index contributed by atoms with van der Waals surface area (Å²) < 4.78 is 3.26. The summed E-state index contributed by atoms with van der Waals surface area (Å²) >= 11 is 2.53. The Balaban J connectivity index is 0.000000153. The first-order valence-electron chi connectivity index (χ1n) is 16.0. The zero-order valence-electron chi connectivity index (χ0n) is 26.9. The van der Waals surface area contributed by atoms with E-state index in [9.17, 15) is 24.3 Å². The zero-order valence-corrected chi connectivity index (χ0v) is 28.6. The van der Waals surface area contributed by atoms with Crippen molar-refractivity contribution in [1.29, 1.82) is 0 Å². The summed E-state index contributed by atoms with van der Waals surface area (Å²) in [6.45, 7) is 0. The Labute approximate surface area is 299 Å². The zero-order chi connectivity index (χ0) is 36.1. The van der Waals surface area contributed by atoms with Crippen molar-refractivity contribution in [3.05, 3.63) is 91.0 Å². The summed E-state index contributed by atoms with van der Waals surface area (Å²) in [7, 11) is 0. The maximum Gasteiger partial charge on any atom is 0.326 e. The van der Waals surface area contributed by atoms with Crippen molar-refractivity contribution in [2.45, 2.75) is 37.8 Å². The van der Waals surface area contributed by atoms with Crippen LogP contribution in [-0.4, -0.2) is 74.5 Å². The molecule has 2 saturated carbocycles. The van der Waals surface area contributed by atoms with Crippen LogP contribution in [0.2, 0.25) is 0 Å². The summed E-state index contributed by atoms with van der Waals surface area (Å²) in [4.78, 5) is 66.5. The molecule has 0 atom stereocenters. The highest BCUT2D eigenvalue weighted by atomic mass is 32.1. The number of nitrogens with zero attached hydrogens (tertiary/aromatic N) is 7. The maximum absolute atomic E-state index is 11.4. The minimum Gasteiger partial charge on any atom is -0.493 e. The third kappa shape index (κ3) is 6.56. The molecule has 0 aliphatic heterocycles. The predicted molar refractivity (Wildman–Crippen MR) is 192 cm³/mol. The number of fused-ring (bicyclic) bond motifs is 2. The number of amides is 2. The molecule has 0 bridgehead atoms. The van der Waals surface area contributed by atoms with Crippen molar-refractivity contribution < 1.29 is 19.5 Å². The Kier molecular flexibility index (Phi) is 8.19. The molecule has 0 aromatic carbocycles. The van der Waals surface area contributed by atoms with Crippen LogP contribution in [0.1, 0.15) is 61.1 Å². The third-order valence-corrected chi connectivity index (χ3v) is 10.4. The van der Waals surface area contributed by atoms with E-state index in [1.54, 1.807) is 45.6 Å². The van der Waals surface area contributed by atoms with Crippen LogP contribution in [0.3, 0.4) is 0 Å². The average molecular weight is 737 g/mol. The first-order valence-corrected chi connectivity index (χ1v) is 17.6. The summed E-state index contributed by atoms with van der Waals surface area (Å²) in [6.07, 6.45) is 9.70. The molecule has 2 aliphatic rings. The highest BCUT2D eigenvalue weighted by Gasteiger charge is 2.24. The van der Waals surface area contributed by atoms with Crippen molar-refractivity contribution in [1.82, 2.24) is 39.2 Å². The molecule has 8 N–H and O–H groups in total. The number of primary amides is 2. The lowest BCUT2D eigenvalue weighted by Gasteiger charge is -2.09. The Hall–Kier alpha value is -6.47. The molecule has 0 spiro atoms. The number of H-pyrrole nitrogens is 2. The largest absolute Gasteiger partial charge is 0.493 e. The van der Waals surface area contributed by atoms with Crippen molar-refractivity contribution in [3.63, 3.8) is 0 Å². The van der Waals surface area contributed by atoms with E-state index in [1.165, 1.54) is 28.9 Å². The normalized spacial score (nSPS) is 14.8. The van der Waals surface area contributed by atoms with Gasteiger partial charge < -0.3 is 26.9 Å². The van der Waals surface area contributed by atoms with Gasteiger partial charge in [-0.3, -0.25) is 24.4 Å². The van der Waals surface area contributed by atoms with Crippen molar-refractivity contribution in [3.8, 4) is 27.0 Å². The van der Waals surface area contributed by atoms with E-state index in [0.717, 1.165) is 47.5 Å². The van der Waals surface area contributed by atoms with E-state index in [4.69, 9.17) is 16.5 Å². The number of aldehydes is 1. The molecule has 0 radical (unpaired) electrons. The number of hydrogen-bond donors (Lipinski definition) is 6. The number of rotatable bonds is 9. The van der Waals surface area contributed by atoms with Gasteiger partial charge in [-0.2, -0.15) is 19.2 Å². The van der Waals surface area contributed by atoms with Crippen LogP contribution in [0.4, 0.5) is 5.82 Å². The van der Waals surface area contributed by atoms with E-state index in [1.807, 2.05) is 12.1 Å². The molecule has 7 aromatic heterocycles. The van der Waals surface area contributed by atoms with Crippen LogP contribution >= 0.6 is 22.7 Å². The Morgan fingerprint density at radius 3 is 2.13 bits per heavy atom. The topological polar surface area (TPSA) is 257 Å².